The van der Waals surface area contributed by atoms with Gasteiger partial charge in [-0.3, -0.25) is 19.7 Å². The summed E-state index contributed by atoms with van der Waals surface area (Å²) in [5.41, 5.74) is -2.35. The van der Waals surface area contributed by atoms with E-state index in [1.54, 1.807) is 0 Å². The van der Waals surface area contributed by atoms with Crippen LogP contribution in [0.3, 0.4) is 0 Å². The zero-order valence-corrected chi connectivity index (χ0v) is 12.8. The van der Waals surface area contributed by atoms with Gasteiger partial charge in [0.05, 0.1) is 17.1 Å². The highest BCUT2D eigenvalue weighted by atomic mass is 16.6. The third-order valence-corrected chi connectivity index (χ3v) is 4.07. The molecule has 1 saturated heterocycles. The SMILES string of the molecule is O=C(NC1(C(=O)O)CCOC1)c1cc(=O)[nH]c2ccc([N+](=O)[O-])cc12. The van der Waals surface area contributed by atoms with Crippen LogP contribution in [0.25, 0.3) is 10.9 Å². The first kappa shape index (κ1) is 16.6. The smallest absolute Gasteiger partial charge is 0.331 e. The first-order valence-corrected chi connectivity index (χ1v) is 7.27. The molecule has 3 N–H and O–H groups in total. The van der Waals surface area contributed by atoms with E-state index in [1.807, 2.05) is 0 Å². The van der Waals surface area contributed by atoms with Crippen LogP contribution < -0.4 is 10.9 Å². The number of nitrogens with one attached hydrogen (secondary N) is 2. The van der Waals surface area contributed by atoms with Gasteiger partial charge in [-0.15, -0.1) is 0 Å². The lowest BCUT2D eigenvalue weighted by atomic mass is 9.97. The highest BCUT2D eigenvalue weighted by Crippen LogP contribution is 2.24. The number of carboxylic acids is 1. The Morgan fingerprint density at radius 1 is 1.36 bits per heavy atom. The maximum atomic E-state index is 12.6. The van der Waals surface area contributed by atoms with Gasteiger partial charge < -0.3 is 20.1 Å². The average molecular weight is 347 g/mol. The molecule has 1 unspecified atom stereocenters. The van der Waals surface area contributed by atoms with E-state index in [0.717, 1.165) is 12.1 Å². The number of ether oxygens (including phenoxy) is 1. The van der Waals surface area contributed by atoms with E-state index in [2.05, 4.69) is 10.3 Å². The fraction of sp³-hybridized carbons (Fsp3) is 0.267. The van der Waals surface area contributed by atoms with Crippen LogP contribution in [0.5, 0.6) is 0 Å². The van der Waals surface area contributed by atoms with Crippen LogP contribution in [-0.4, -0.2) is 45.6 Å². The topological polar surface area (TPSA) is 152 Å². The van der Waals surface area contributed by atoms with Crippen LogP contribution >= 0.6 is 0 Å². The van der Waals surface area contributed by atoms with Crippen LogP contribution in [-0.2, 0) is 9.53 Å². The van der Waals surface area contributed by atoms with Crippen molar-refractivity contribution < 1.29 is 24.4 Å². The molecule has 0 spiro atoms. The summed E-state index contributed by atoms with van der Waals surface area (Å²) < 4.78 is 5.07. The lowest BCUT2D eigenvalue weighted by Crippen LogP contribution is -2.55. The highest BCUT2D eigenvalue weighted by molar-refractivity contribution is 6.08. The number of carboxylic acid groups (broad SMARTS) is 1. The summed E-state index contributed by atoms with van der Waals surface area (Å²) in [5.74, 6) is -2.07. The van der Waals surface area contributed by atoms with Crippen molar-refractivity contribution >= 4 is 28.5 Å². The summed E-state index contributed by atoms with van der Waals surface area (Å²) in [4.78, 5) is 48.7. The highest BCUT2D eigenvalue weighted by Gasteiger charge is 2.44. The van der Waals surface area contributed by atoms with E-state index in [9.17, 15) is 29.6 Å². The van der Waals surface area contributed by atoms with Gasteiger partial charge in [-0.25, -0.2) is 4.79 Å². The van der Waals surface area contributed by atoms with Gasteiger partial charge in [0, 0.05) is 42.1 Å². The van der Waals surface area contributed by atoms with Crippen molar-refractivity contribution in [2.45, 2.75) is 12.0 Å². The minimum atomic E-state index is -1.59. The predicted molar refractivity (Wildman–Crippen MR) is 84.5 cm³/mol. The number of aromatic amines is 1. The lowest BCUT2D eigenvalue weighted by Gasteiger charge is -2.23. The fourth-order valence-electron chi connectivity index (χ4n) is 2.71. The third kappa shape index (κ3) is 2.94. The number of fused-ring (bicyclic) bond motifs is 1. The Labute approximate surface area is 139 Å². The molecular weight excluding hydrogens is 334 g/mol. The average Bonchev–Trinajstić information content (AvgIpc) is 3.03. The minimum absolute atomic E-state index is 0.0787. The first-order chi connectivity index (χ1) is 11.8. The molecule has 0 saturated carbocycles. The number of amides is 1. The van der Waals surface area contributed by atoms with Gasteiger partial charge in [-0.1, -0.05) is 0 Å². The number of nitrogens with zero attached hydrogens (tertiary/aromatic N) is 1. The number of carbonyl (C=O) groups is 2. The number of aromatic nitrogens is 1. The number of carbonyl (C=O) groups excluding carboxylic acids is 1. The molecule has 2 aromatic rings. The maximum Gasteiger partial charge on any atom is 0.331 e. The molecule has 10 heteroatoms. The standard InChI is InChI=1S/C15H13N3O7/c19-12-6-10(9-5-8(18(23)24)1-2-11(9)16-12)13(20)17-15(14(21)22)3-4-25-7-15/h1-2,5-6H,3-4,7H2,(H,16,19)(H,17,20)(H,21,22). The second-order valence-corrected chi connectivity index (χ2v) is 5.68. The van der Waals surface area contributed by atoms with Gasteiger partial charge in [0.2, 0.25) is 5.56 Å². The zero-order chi connectivity index (χ0) is 18.2. The van der Waals surface area contributed by atoms with Crippen LogP contribution in [0.4, 0.5) is 5.69 Å². The Morgan fingerprint density at radius 3 is 2.72 bits per heavy atom. The Hall–Kier alpha value is -3.27. The number of pyridine rings is 1. The van der Waals surface area contributed by atoms with E-state index in [-0.39, 0.29) is 41.8 Å². The minimum Gasteiger partial charge on any atom is -0.479 e. The van der Waals surface area contributed by atoms with Crippen molar-refractivity contribution in [2.24, 2.45) is 0 Å². The van der Waals surface area contributed by atoms with Gasteiger partial charge in [0.15, 0.2) is 5.54 Å². The lowest BCUT2D eigenvalue weighted by molar-refractivity contribution is -0.384. The molecule has 1 aliphatic rings. The van der Waals surface area contributed by atoms with E-state index in [1.165, 1.54) is 12.1 Å². The quantitative estimate of drug-likeness (QED) is 0.535. The molecule has 1 aromatic heterocycles. The molecule has 3 rings (SSSR count). The zero-order valence-electron chi connectivity index (χ0n) is 12.8. The number of H-pyrrole nitrogens is 1. The van der Waals surface area contributed by atoms with Gasteiger partial charge in [0.1, 0.15) is 0 Å². The number of benzene rings is 1. The van der Waals surface area contributed by atoms with E-state index < -0.39 is 27.9 Å². The van der Waals surface area contributed by atoms with E-state index in [4.69, 9.17) is 4.74 Å². The molecule has 1 amide bonds. The molecule has 130 valence electrons. The van der Waals surface area contributed by atoms with Crippen LogP contribution in [0, 0.1) is 10.1 Å². The van der Waals surface area contributed by atoms with Crippen molar-refractivity contribution in [3.05, 3.63) is 50.3 Å². The first-order valence-electron chi connectivity index (χ1n) is 7.27. The number of hydrogen-bond donors (Lipinski definition) is 3. The molecule has 0 radical (unpaired) electrons. The van der Waals surface area contributed by atoms with Crippen molar-refractivity contribution in [3.8, 4) is 0 Å². The largest absolute Gasteiger partial charge is 0.479 e. The number of nitro benzene ring substituents is 1. The van der Waals surface area contributed by atoms with Crippen LogP contribution in [0.1, 0.15) is 16.8 Å². The molecule has 25 heavy (non-hydrogen) atoms. The summed E-state index contributed by atoms with van der Waals surface area (Å²) in [7, 11) is 0. The summed E-state index contributed by atoms with van der Waals surface area (Å²) in [5, 5.41) is 22.9. The third-order valence-electron chi connectivity index (χ3n) is 4.07. The number of non-ortho nitro benzene ring substituents is 1. The van der Waals surface area contributed by atoms with Gasteiger partial charge in [0.25, 0.3) is 11.6 Å². The van der Waals surface area contributed by atoms with Crippen molar-refractivity contribution in [1.29, 1.82) is 0 Å². The van der Waals surface area contributed by atoms with Gasteiger partial charge in [-0.05, 0) is 6.07 Å². The number of hydrogen-bond acceptors (Lipinski definition) is 6. The van der Waals surface area contributed by atoms with E-state index >= 15 is 0 Å². The Balaban J connectivity index is 2.08. The normalized spacial score (nSPS) is 19.7. The monoisotopic (exact) mass is 347 g/mol. The molecule has 2 heterocycles. The summed E-state index contributed by atoms with van der Waals surface area (Å²) in [6, 6.07) is 4.65. The summed E-state index contributed by atoms with van der Waals surface area (Å²) >= 11 is 0. The maximum absolute atomic E-state index is 12.6. The fourth-order valence-corrected chi connectivity index (χ4v) is 2.71. The van der Waals surface area contributed by atoms with Crippen molar-refractivity contribution in [1.82, 2.24) is 10.3 Å². The number of rotatable bonds is 4. The number of aliphatic carboxylic acids is 1. The molecule has 0 bridgehead atoms. The molecule has 1 aromatic carbocycles. The predicted octanol–water partition coefficient (Wildman–Crippen LogP) is 0.410. The molecule has 1 atom stereocenters. The van der Waals surface area contributed by atoms with Crippen LogP contribution in [0.15, 0.2) is 29.1 Å². The summed E-state index contributed by atoms with van der Waals surface area (Å²) in [6.45, 7) is -0.0243. The van der Waals surface area contributed by atoms with Gasteiger partial charge >= 0.3 is 5.97 Å². The molecule has 1 fully saturated rings. The Kier molecular flexibility index (Phi) is 3.97. The second-order valence-electron chi connectivity index (χ2n) is 5.68. The van der Waals surface area contributed by atoms with Crippen LogP contribution in [0.2, 0.25) is 0 Å². The van der Waals surface area contributed by atoms with Gasteiger partial charge in [-0.2, -0.15) is 0 Å². The van der Waals surface area contributed by atoms with Crippen molar-refractivity contribution in [3.63, 3.8) is 0 Å². The van der Waals surface area contributed by atoms with Crippen molar-refractivity contribution in [2.75, 3.05) is 13.2 Å². The molecule has 10 nitrogen and oxygen atoms in total. The second kappa shape index (κ2) is 5.98. The molecule has 0 aliphatic carbocycles. The molecular formula is C15H13N3O7. The molecule has 1 aliphatic heterocycles. The number of nitro groups is 1. The Bertz CT molecular complexity index is 944. The van der Waals surface area contributed by atoms with E-state index in [0.29, 0.717) is 0 Å². The Morgan fingerprint density at radius 2 is 2.12 bits per heavy atom. The summed E-state index contributed by atoms with van der Waals surface area (Å²) in [6.07, 6.45) is 0.0787.